The van der Waals surface area contributed by atoms with E-state index in [0.29, 0.717) is 5.56 Å². The van der Waals surface area contributed by atoms with E-state index in [4.69, 9.17) is 5.11 Å². The second-order valence-electron chi connectivity index (χ2n) is 5.28. The lowest BCUT2D eigenvalue weighted by Crippen LogP contribution is -2.24. The first-order valence-corrected chi connectivity index (χ1v) is 7.61. The minimum Gasteiger partial charge on any atom is -0.393 e. The highest BCUT2D eigenvalue weighted by molar-refractivity contribution is 5.99. The van der Waals surface area contributed by atoms with Gasteiger partial charge in [-0.3, -0.25) is 4.79 Å². The zero-order valence-electron chi connectivity index (χ0n) is 12.3. The van der Waals surface area contributed by atoms with Crippen molar-refractivity contribution in [3.05, 3.63) is 35.4 Å². The number of rotatable bonds is 10. The summed E-state index contributed by atoms with van der Waals surface area (Å²) in [6.45, 7) is 1.68. The molecule has 1 aromatic carbocycles. The summed E-state index contributed by atoms with van der Waals surface area (Å²) in [6, 6.07) is 7.36. The number of carbonyl (C=O) groups excluding carboxylic acids is 1. The van der Waals surface area contributed by atoms with E-state index in [-0.39, 0.29) is 0 Å². The molecule has 3 heteroatoms. The Bertz CT molecular complexity index is 401. The van der Waals surface area contributed by atoms with Crippen LogP contribution >= 0.6 is 0 Å². The highest BCUT2D eigenvalue weighted by Gasteiger charge is 2.15. The Balaban J connectivity index is 2.42. The van der Waals surface area contributed by atoms with Crippen molar-refractivity contribution in [3.63, 3.8) is 0 Å². The molecule has 0 aliphatic heterocycles. The Morgan fingerprint density at radius 3 is 2.55 bits per heavy atom. The van der Waals surface area contributed by atoms with Crippen LogP contribution < -0.4 is 0 Å². The van der Waals surface area contributed by atoms with Crippen LogP contribution in [0.5, 0.6) is 0 Å². The number of aliphatic hydroxyl groups is 2. The number of aryl methyl sites for hydroxylation is 1. The minimum atomic E-state index is -1.31. The average molecular weight is 278 g/mol. The number of Topliss-reactive ketones (excluding diaryl/α,β-unsaturated/α-hetero) is 1. The molecule has 1 aromatic rings. The second kappa shape index (κ2) is 9.67. The fourth-order valence-electron chi connectivity index (χ4n) is 2.26. The first-order valence-electron chi connectivity index (χ1n) is 7.61. The predicted molar refractivity (Wildman–Crippen MR) is 80.9 cm³/mol. The van der Waals surface area contributed by atoms with Gasteiger partial charge in [-0.15, -0.1) is 0 Å². The van der Waals surface area contributed by atoms with Gasteiger partial charge in [-0.25, -0.2) is 0 Å². The van der Waals surface area contributed by atoms with Gasteiger partial charge in [0.05, 0.1) is 6.61 Å². The van der Waals surface area contributed by atoms with E-state index < -0.39 is 18.5 Å². The molecule has 0 radical (unpaired) electrons. The van der Waals surface area contributed by atoms with Crippen LogP contribution in [0.1, 0.15) is 61.4 Å². The molecular weight excluding hydrogens is 252 g/mol. The Kier molecular flexibility index (Phi) is 8.16. The van der Waals surface area contributed by atoms with Crippen LogP contribution in [-0.2, 0) is 6.42 Å². The van der Waals surface area contributed by atoms with Crippen LogP contribution in [0.4, 0.5) is 0 Å². The number of carbonyl (C=O) groups is 1. The molecule has 0 bridgehead atoms. The molecule has 0 spiro atoms. The van der Waals surface area contributed by atoms with Crippen molar-refractivity contribution < 1.29 is 15.0 Å². The van der Waals surface area contributed by atoms with Crippen molar-refractivity contribution in [1.82, 2.24) is 0 Å². The lowest BCUT2D eigenvalue weighted by Gasteiger charge is -2.08. The monoisotopic (exact) mass is 278 g/mol. The van der Waals surface area contributed by atoms with Crippen molar-refractivity contribution in [2.75, 3.05) is 6.61 Å². The summed E-state index contributed by atoms with van der Waals surface area (Å²) in [7, 11) is 0. The summed E-state index contributed by atoms with van der Waals surface area (Å²) >= 11 is 0. The SMILES string of the molecule is CCCCCCCCc1cccc(C(=O)C(O)CO)c1. The van der Waals surface area contributed by atoms with Gasteiger partial charge in [0.1, 0.15) is 6.10 Å². The molecule has 0 aliphatic rings. The smallest absolute Gasteiger partial charge is 0.193 e. The van der Waals surface area contributed by atoms with Crippen LogP contribution in [0, 0.1) is 0 Å². The van der Waals surface area contributed by atoms with Gasteiger partial charge in [0.25, 0.3) is 0 Å². The number of hydrogen-bond acceptors (Lipinski definition) is 3. The molecule has 0 aromatic heterocycles. The third-order valence-electron chi connectivity index (χ3n) is 3.51. The van der Waals surface area contributed by atoms with Gasteiger partial charge in [0, 0.05) is 5.56 Å². The van der Waals surface area contributed by atoms with Crippen LogP contribution in [0.3, 0.4) is 0 Å². The third kappa shape index (κ3) is 5.85. The van der Waals surface area contributed by atoms with E-state index in [0.717, 1.165) is 18.4 Å². The molecule has 0 amide bonds. The summed E-state index contributed by atoms with van der Waals surface area (Å²) in [5, 5.41) is 18.2. The lowest BCUT2D eigenvalue weighted by atomic mass is 10.00. The highest BCUT2D eigenvalue weighted by atomic mass is 16.3. The Labute approximate surface area is 121 Å². The maximum Gasteiger partial charge on any atom is 0.193 e. The van der Waals surface area contributed by atoms with Crippen LogP contribution in [0.25, 0.3) is 0 Å². The Hall–Kier alpha value is -1.19. The number of aliphatic hydroxyl groups excluding tert-OH is 2. The Morgan fingerprint density at radius 1 is 1.15 bits per heavy atom. The summed E-state index contributed by atoms with van der Waals surface area (Å²) < 4.78 is 0. The second-order valence-corrected chi connectivity index (χ2v) is 5.28. The van der Waals surface area contributed by atoms with Gasteiger partial charge < -0.3 is 10.2 Å². The molecule has 20 heavy (non-hydrogen) atoms. The van der Waals surface area contributed by atoms with Gasteiger partial charge in [-0.05, 0) is 24.5 Å². The minimum absolute atomic E-state index is 0.405. The standard InChI is InChI=1S/C17H26O3/c1-2-3-4-5-6-7-9-14-10-8-11-15(12-14)17(20)16(19)13-18/h8,10-12,16,18-19H,2-7,9,13H2,1H3. The average Bonchev–Trinajstić information content (AvgIpc) is 2.49. The van der Waals surface area contributed by atoms with Gasteiger partial charge in [0.15, 0.2) is 5.78 Å². The van der Waals surface area contributed by atoms with Crippen LogP contribution in [0.2, 0.25) is 0 Å². The molecule has 0 saturated carbocycles. The molecule has 1 unspecified atom stereocenters. The lowest BCUT2D eigenvalue weighted by molar-refractivity contribution is 0.0587. The van der Waals surface area contributed by atoms with Crippen LogP contribution in [0.15, 0.2) is 24.3 Å². The normalized spacial score (nSPS) is 12.3. The zero-order valence-corrected chi connectivity index (χ0v) is 12.3. The number of benzene rings is 1. The first-order chi connectivity index (χ1) is 9.69. The van der Waals surface area contributed by atoms with Crippen molar-refractivity contribution in [1.29, 1.82) is 0 Å². The topological polar surface area (TPSA) is 57.5 Å². The number of ketones is 1. The summed E-state index contributed by atoms with van der Waals surface area (Å²) in [5.74, 6) is -0.405. The maximum absolute atomic E-state index is 11.8. The van der Waals surface area contributed by atoms with E-state index >= 15 is 0 Å². The molecule has 0 aliphatic carbocycles. The van der Waals surface area contributed by atoms with E-state index in [1.807, 2.05) is 18.2 Å². The zero-order chi connectivity index (χ0) is 14.8. The molecule has 0 heterocycles. The molecule has 2 N–H and O–H groups in total. The van der Waals surface area contributed by atoms with Crippen molar-refractivity contribution >= 4 is 5.78 Å². The largest absolute Gasteiger partial charge is 0.393 e. The molecular formula is C17H26O3. The van der Waals surface area contributed by atoms with E-state index in [2.05, 4.69) is 6.92 Å². The van der Waals surface area contributed by atoms with Crippen molar-refractivity contribution in [2.45, 2.75) is 58.0 Å². The molecule has 1 rings (SSSR count). The van der Waals surface area contributed by atoms with E-state index in [9.17, 15) is 9.90 Å². The molecule has 3 nitrogen and oxygen atoms in total. The summed E-state index contributed by atoms with van der Waals surface area (Å²) in [6.07, 6.45) is 7.15. The third-order valence-corrected chi connectivity index (χ3v) is 3.51. The highest BCUT2D eigenvalue weighted by Crippen LogP contribution is 2.13. The quantitative estimate of drug-likeness (QED) is 0.510. The van der Waals surface area contributed by atoms with Gasteiger partial charge >= 0.3 is 0 Å². The fraction of sp³-hybridized carbons (Fsp3) is 0.588. The fourth-order valence-corrected chi connectivity index (χ4v) is 2.26. The van der Waals surface area contributed by atoms with Gasteiger partial charge in [-0.1, -0.05) is 57.2 Å². The first kappa shape index (κ1) is 16.9. The van der Waals surface area contributed by atoms with Crippen molar-refractivity contribution in [2.24, 2.45) is 0 Å². The molecule has 112 valence electrons. The number of hydrogen-bond donors (Lipinski definition) is 2. The van der Waals surface area contributed by atoms with E-state index in [1.54, 1.807) is 6.07 Å². The molecule has 0 saturated heterocycles. The Morgan fingerprint density at radius 2 is 1.85 bits per heavy atom. The van der Waals surface area contributed by atoms with Crippen LogP contribution in [-0.4, -0.2) is 28.7 Å². The molecule has 1 atom stereocenters. The predicted octanol–water partition coefficient (Wildman–Crippen LogP) is 3.13. The number of unbranched alkanes of at least 4 members (excludes halogenated alkanes) is 5. The van der Waals surface area contributed by atoms with Gasteiger partial charge in [0.2, 0.25) is 0 Å². The van der Waals surface area contributed by atoms with E-state index in [1.165, 1.54) is 32.1 Å². The van der Waals surface area contributed by atoms with Gasteiger partial charge in [-0.2, -0.15) is 0 Å². The van der Waals surface area contributed by atoms with Crippen molar-refractivity contribution in [3.8, 4) is 0 Å². The maximum atomic E-state index is 11.8. The summed E-state index contributed by atoms with van der Waals surface area (Å²) in [5.41, 5.74) is 1.60. The summed E-state index contributed by atoms with van der Waals surface area (Å²) in [4.78, 5) is 11.8. The molecule has 0 fully saturated rings.